The summed E-state index contributed by atoms with van der Waals surface area (Å²) in [7, 11) is -3.21. The maximum absolute atomic E-state index is 12.4. The minimum atomic E-state index is -3.21. The van der Waals surface area contributed by atoms with Crippen LogP contribution in [0.15, 0.2) is 24.3 Å². The Morgan fingerprint density at radius 1 is 1.21 bits per heavy atom. The van der Waals surface area contributed by atoms with Crippen molar-refractivity contribution in [2.24, 2.45) is 5.73 Å². The first-order valence-electron chi connectivity index (χ1n) is 6.45. The average molecular weight is 300 g/mol. The van der Waals surface area contributed by atoms with Crippen molar-refractivity contribution in [1.29, 1.82) is 0 Å². The van der Waals surface area contributed by atoms with Gasteiger partial charge < -0.3 is 5.73 Å². The molecule has 1 aliphatic heterocycles. The minimum absolute atomic E-state index is 0.0749. The molecule has 0 atom stereocenters. The Morgan fingerprint density at radius 3 is 2.79 bits per heavy atom. The zero-order valence-electron chi connectivity index (χ0n) is 10.9. The number of hydrogen-bond acceptors (Lipinski definition) is 4. The first-order chi connectivity index (χ1) is 9.12. The van der Waals surface area contributed by atoms with E-state index in [-0.39, 0.29) is 5.75 Å². The monoisotopic (exact) mass is 300 g/mol. The number of nitrogens with two attached hydrogens (primary N) is 1. The van der Waals surface area contributed by atoms with E-state index in [1.165, 1.54) is 0 Å². The van der Waals surface area contributed by atoms with Crippen LogP contribution in [0, 0.1) is 0 Å². The maximum Gasteiger partial charge on any atom is 0.218 e. The molecular weight excluding hydrogens is 280 g/mol. The van der Waals surface area contributed by atoms with Gasteiger partial charge in [0.25, 0.3) is 0 Å². The van der Waals surface area contributed by atoms with Crippen molar-refractivity contribution in [3.8, 4) is 0 Å². The Bertz CT molecular complexity index is 509. The first kappa shape index (κ1) is 14.8. The Hall–Kier alpha value is -0.560. The van der Waals surface area contributed by atoms with Crippen LogP contribution in [-0.4, -0.2) is 37.3 Å². The lowest BCUT2D eigenvalue weighted by Crippen LogP contribution is -2.34. The number of thioether (sulfide) groups is 1. The third-order valence-electron chi connectivity index (χ3n) is 3.15. The molecule has 0 unspecified atom stereocenters. The highest BCUT2D eigenvalue weighted by Crippen LogP contribution is 2.17. The molecule has 0 bridgehead atoms. The van der Waals surface area contributed by atoms with Crippen LogP contribution in [0.2, 0.25) is 0 Å². The summed E-state index contributed by atoms with van der Waals surface area (Å²) in [6, 6.07) is 7.51. The number of sulfonamides is 1. The molecule has 0 saturated carbocycles. The van der Waals surface area contributed by atoms with Gasteiger partial charge in [0.05, 0.1) is 5.75 Å². The number of rotatable bonds is 4. The van der Waals surface area contributed by atoms with Crippen molar-refractivity contribution in [3.05, 3.63) is 35.4 Å². The molecule has 0 spiro atoms. The third-order valence-corrected chi connectivity index (χ3v) is 6.05. The Kier molecular flexibility index (Phi) is 5.27. The maximum atomic E-state index is 12.4. The van der Waals surface area contributed by atoms with Crippen LogP contribution in [0.3, 0.4) is 0 Å². The van der Waals surface area contributed by atoms with Crippen LogP contribution < -0.4 is 5.73 Å². The van der Waals surface area contributed by atoms with Crippen LogP contribution in [0.25, 0.3) is 0 Å². The fourth-order valence-corrected chi connectivity index (χ4v) is 4.71. The van der Waals surface area contributed by atoms with Gasteiger partial charge in [0.1, 0.15) is 0 Å². The quantitative estimate of drug-likeness (QED) is 0.913. The van der Waals surface area contributed by atoms with Gasteiger partial charge in [0.15, 0.2) is 0 Å². The van der Waals surface area contributed by atoms with Gasteiger partial charge in [-0.2, -0.15) is 11.8 Å². The SMILES string of the molecule is NCc1cccc(CS(=O)(=O)N2CCCSCC2)c1. The molecule has 1 saturated heterocycles. The highest BCUT2D eigenvalue weighted by molar-refractivity contribution is 7.99. The molecule has 1 aliphatic rings. The molecule has 1 aromatic carbocycles. The molecule has 4 nitrogen and oxygen atoms in total. The molecule has 0 radical (unpaired) electrons. The molecule has 0 aromatic heterocycles. The van der Waals surface area contributed by atoms with Gasteiger partial charge in [-0.3, -0.25) is 0 Å². The molecule has 1 heterocycles. The lowest BCUT2D eigenvalue weighted by atomic mass is 10.1. The second kappa shape index (κ2) is 6.74. The Labute approximate surface area is 119 Å². The fourth-order valence-electron chi connectivity index (χ4n) is 2.15. The highest BCUT2D eigenvalue weighted by atomic mass is 32.2. The van der Waals surface area contributed by atoms with E-state index in [9.17, 15) is 8.42 Å². The normalized spacial score (nSPS) is 18.2. The molecule has 1 aromatic rings. The van der Waals surface area contributed by atoms with Gasteiger partial charge in [-0.25, -0.2) is 12.7 Å². The van der Waals surface area contributed by atoms with Crippen LogP contribution >= 0.6 is 11.8 Å². The van der Waals surface area contributed by atoms with E-state index in [1.807, 2.05) is 36.0 Å². The van der Waals surface area contributed by atoms with E-state index < -0.39 is 10.0 Å². The second-order valence-electron chi connectivity index (χ2n) is 4.65. The van der Waals surface area contributed by atoms with E-state index in [2.05, 4.69) is 0 Å². The largest absolute Gasteiger partial charge is 0.326 e. The summed E-state index contributed by atoms with van der Waals surface area (Å²) >= 11 is 1.83. The topological polar surface area (TPSA) is 63.4 Å². The number of benzene rings is 1. The number of nitrogens with zero attached hydrogens (tertiary/aromatic N) is 1. The van der Waals surface area contributed by atoms with E-state index in [0.717, 1.165) is 29.1 Å². The molecular formula is C13H20N2O2S2. The summed E-state index contributed by atoms with van der Waals surface area (Å²) in [5.41, 5.74) is 7.37. The average Bonchev–Trinajstić information content (AvgIpc) is 2.68. The lowest BCUT2D eigenvalue weighted by Gasteiger charge is -2.19. The fraction of sp³-hybridized carbons (Fsp3) is 0.538. The third kappa shape index (κ3) is 4.21. The lowest BCUT2D eigenvalue weighted by molar-refractivity contribution is 0.434. The van der Waals surface area contributed by atoms with Gasteiger partial charge in [-0.1, -0.05) is 24.3 Å². The van der Waals surface area contributed by atoms with Crippen LogP contribution in [0.4, 0.5) is 0 Å². The first-order valence-corrected chi connectivity index (χ1v) is 9.21. The minimum Gasteiger partial charge on any atom is -0.326 e. The van der Waals surface area contributed by atoms with Crippen LogP contribution in [-0.2, 0) is 22.3 Å². The van der Waals surface area contributed by atoms with Crippen molar-refractivity contribution in [2.75, 3.05) is 24.6 Å². The van der Waals surface area contributed by atoms with Crippen molar-refractivity contribution in [2.45, 2.75) is 18.7 Å². The van der Waals surface area contributed by atoms with Crippen molar-refractivity contribution < 1.29 is 8.42 Å². The van der Waals surface area contributed by atoms with Gasteiger partial charge in [-0.05, 0) is 23.3 Å². The second-order valence-corrected chi connectivity index (χ2v) is 7.84. The molecule has 19 heavy (non-hydrogen) atoms. The molecule has 2 rings (SSSR count). The van der Waals surface area contributed by atoms with E-state index in [0.29, 0.717) is 19.6 Å². The predicted octanol–water partition coefficient (Wildman–Crippen LogP) is 1.41. The molecule has 106 valence electrons. The Morgan fingerprint density at radius 2 is 2.00 bits per heavy atom. The van der Waals surface area contributed by atoms with Gasteiger partial charge in [0.2, 0.25) is 10.0 Å². The van der Waals surface area contributed by atoms with Gasteiger partial charge in [0, 0.05) is 25.4 Å². The van der Waals surface area contributed by atoms with Crippen molar-refractivity contribution in [1.82, 2.24) is 4.31 Å². The predicted molar refractivity (Wildman–Crippen MR) is 80.5 cm³/mol. The summed E-state index contributed by atoms with van der Waals surface area (Å²) < 4.78 is 26.4. The number of hydrogen-bond donors (Lipinski definition) is 1. The van der Waals surface area contributed by atoms with E-state index in [4.69, 9.17) is 5.73 Å². The summed E-state index contributed by atoms with van der Waals surface area (Å²) in [4.78, 5) is 0. The molecule has 6 heteroatoms. The Balaban J connectivity index is 2.10. The van der Waals surface area contributed by atoms with Crippen LogP contribution in [0.5, 0.6) is 0 Å². The molecule has 1 fully saturated rings. The standard InChI is InChI=1S/C13H20N2O2S2/c14-10-12-3-1-4-13(9-12)11-19(16,17)15-5-2-7-18-8-6-15/h1,3-4,9H,2,5-8,10-11,14H2. The zero-order valence-corrected chi connectivity index (χ0v) is 12.5. The van der Waals surface area contributed by atoms with Gasteiger partial charge in [-0.15, -0.1) is 0 Å². The van der Waals surface area contributed by atoms with Crippen LogP contribution in [0.1, 0.15) is 17.5 Å². The molecule has 0 amide bonds. The van der Waals surface area contributed by atoms with E-state index in [1.54, 1.807) is 4.31 Å². The smallest absolute Gasteiger partial charge is 0.218 e. The summed E-state index contributed by atoms with van der Waals surface area (Å²) in [6.07, 6.45) is 0.937. The molecule has 0 aliphatic carbocycles. The highest BCUT2D eigenvalue weighted by Gasteiger charge is 2.23. The molecule has 2 N–H and O–H groups in total. The van der Waals surface area contributed by atoms with Crippen molar-refractivity contribution in [3.63, 3.8) is 0 Å². The summed E-state index contributed by atoms with van der Waals surface area (Å²) in [5, 5.41) is 0. The summed E-state index contributed by atoms with van der Waals surface area (Å²) in [6.45, 7) is 1.71. The summed E-state index contributed by atoms with van der Waals surface area (Å²) in [5.74, 6) is 2.02. The van der Waals surface area contributed by atoms with E-state index >= 15 is 0 Å². The van der Waals surface area contributed by atoms with Gasteiger partial charge >= 0.3 is 0 Å². The van der Waals surface area contributed by atoms with Crippen molar-refractivity contribution >= 4 is 21.8 Å². The zero-order chi connectivity index (χ0) is 13.7.